The van der Waals surface area contributed by atoms with E-state index in [1.165, 1.54) is 29.1 Å². The zero-order valence-electron chi connectivity index (χ0n) is 16.7. The number of amides is 1. The van der Waals surface area contributed by atoms with Crippen molar-refractivity contribution in [3.8, 4) is 5.75 Å². The summed E-state index contributed by atoms with van der Waals surface area (Å²) in [5.74, 6) is -0.175. The third-order valence-electron chi connectivity index (χ3n) is 4.76. The van der Waals surface area contributed by atoms with Crippen molar-refractivity contribution >= 4 is 21.6 Å². The first-order valence-electron chi connectivity index (χ1n) is 9.62. The van der Waals surface area contributed by atoms with Crippen LogP contribution in [-0.4, -0.2) is 52.0 Å². The molecule has 0 aliphatic carbocycles. The summed E-state index contributed by atoms with van der Waals surface area (Å²) < 4.78 is 37.9. The van der Waals surface area contributed by atoms with Crippen LogP contribution in [0.1, 0.15) is 29.3 Å². The van der Waals surface area contributed by atoms with Gasteiger partial charge in [0.05, 0.1) is 20.3 Å². The molecule has 0 spiro atoms. The summed E-state index contributed by atoms with van der Waals surface area (Å²) >= 11 is 0. The number of hydrogen-bond acceptors (Lipinski definition) is 5. The highest BCUT2D eigenvalue weighted by Crippen LogP contribution is 2.28. The minimum atomic E-state index is -3.80. The number of morpholine rings is 1. The Hall–Kier alpha value is -2.42. The first-order valence-corrected chi connectivity index (χ1v) is 11.1. The summed E-state index contributed by atoms with van der Waals surface area (Å²) in [4.78, 5) is 12.7. The monoisotopic (exact) mass is 418 g/mol. The Labute approximate surface area is 171 Å². The molecule has 1 heterocycles. The Morgan fingerprint density at radius 2 is 1.83 bits per heavy atom. The number of nitrogens with one attached hydrogen (secondary N) is 1. The number of rotatable bonds is 7. The molecule has 0 unspecified atom stereocenters. The van der Waals surface area contributed by atoms with E-state index in [0.29, 0.717) is 18.9 Å². The summed E-state index contributed by atoms with van der Waals surface area (Å²) in [7, 11) is -2.39. The Morgan fingerprint density at radius 1 is 1.14 bits per heavy atom. The molecule has 1 fully saturated rings. The second-order valence-corrected chi connectivity index (χ2v) is 8.69. The van der Waals surface area contributed by atoms with Crippen molar-refractivity contribution in [1.29, 1.82) is 0 Å². The van der Waals surface area contributed by atoms with Crippen LogP contribution in [0.3, 0.4) is 0 Å². The predicted molar refractivity (Wildman–Crippen MR) is 111 cm³/mol. The summed E-state index contributed by atoms with van der Waals surface area (Å²) in [5, 5.41) is 2.82. The van der Waals surface area contributed by atoms with E-state index in [2.05, 4.69) is 12.2 Å². The van der Waals surface area contributed by atoms with Gasteiger partial charge in [-0.3, -0.25) is 4.79 Å². The van der Waals surface area contributed by atoms with E-state index in [1.807, 2.05) is 24.3 Å². The quantitative estimate of drug-likeness (QED) is 0.747. The van der Waals surface area contributed by atoms with E-state index in [4.69, 9.17) is 9.47 Å². The molecule has 1 N–H and O–H groups in total. The molecule has 1 saturated heterocycles. The van der Waals surface area contributed by atoms with Crippen molar-refractivity contribution in [1.82, 2.24) is 4.31 Å². The molecule has 1 amide bonds. The largest absolute Gasteiger partial charge is 0.495 e. The van der Waals surface area contributed by atoms with Crippen LogP contribution in [0.2, 0.25) is 0 Å². The molecule has 7 nitrogen and oxygen atoms in total. The number of ether oxygens (including phenoxy) is 2. The maximum Gasteiger partial charge on any atom is 0.255 e. The molecule has 0 saturated carbocycles. The molecule has 2 aromatic carbocycles. The summed E-state index contributed by atoms with van der Waals surface area (Å²) in [5.41, 5.74) is 2.10. The van der Waals surface area contributed by atoms with Crippen LogP contribution in [0.5, 0.6) is 5.75 Å². The number of hydrogen-bond donors (Lipinski definition) is 1. The fraction of sp³-hybridized carbons (Fsp3) is 0.381. The molecule has 0 bridgehead atoms. The Kier molecular flexibility index (Phi) is 6.89. The highest BCUT2D eigenvalue weighted by molar-refractivity contribution is 7.89. The number of carbonyl (C=O) groups is 1. The van der Waals surface area contributed by atoms with E-state index >= 15 is 0 Å². The number of nitrogens with zero attached hydrogens (tertiary/aromatic N) is 1. The Bertz CT molecular complexity index is 952. The fourth-order valence-corrected chi connectivity index (χ4v) is 4.78. The highest BCUT2D eigenvalue weighted by atomic mass is 32.2. The number of anilines is 1. The van der Waals surface area contributed by atoms with E-state index in [9.17, 15) is 13.2 Å². The number of methoxy groups -OCH3 is 1. The van der Waals surface area contributed by atoms with Crippen molar-refractivity contribution in [3.05, 3.63) is 53.6 Å². The molecule has 2 aromatic rings. The van der Waals surface area contributed by atoms with E-state index in [-0.39, 0.29) is 35.2 Å². The van der Waals surface area contributed by atoms with Gasteiger partial charge in [0.25, 0.3) is 5.91 Å². The number of aryl methyl sites for hydroxylation is 1. The van der Waals surface area contributed by atoms with Crippen molar-refractivity contribution < 1.29 is 22.7 Å². The zero-order valence-corrected chi connectivity index (χ0v) is 17.5. The lowest BCUT2D eigenvalue weighted by molar-refractivity contribution is 0.0729. The summed E-state index contributed by atoms with van der Waals surface area (Å²) in [6.07, 6.45) is 2.04. The zero-order chi connectivity index (χ0) is 20.9. The molecular weight excluding hydrogens is 392 g/mol. The lowest BCUT2D eigenvalue weighted by Gasteiger charge is -2.26. The van der Waals surface area contributed by atoms with Gasteiger partial charge >= 0.3 is 0 Å². The summed E-state index contributed by atoms with van der Waals surface area (Å²) in [6.45, 7) is 3.34. The lowest BCUT2D eigenvalue weighted by Crippen LogP contribution is -2.40. The van der Waals surface area contributed by atoms with Crippen molar-refractivity contribution in [2.24, 2.45) is 0 Å². The molecule has 3 rings (SSSR count). The maximum atomic E-state index is 13.1. The Balaban J connectivity index is 1.84. The highest BCUT2D eigenvalue weighted by Gasteiger charge is 2.30. The number of carbonyl (C=O) groups excluding carboxylic acids is 1. The Morgan fingerprint density at radius 3 is 2.45 bits per heavy atom. The normalized spacial score (nSPS) is 15.1. The predicted octanol–water partition coefficient (Wildman–Crippen LogP) is 2.92. The molecule has 156 valence electrons. The average Bonchev–Trinajstić information content (AvgIpc) is 2.75. The molecule has 8 heteroatoms. The van der Waals surface area contributed by atoms with Gasteiger partial charge in [-0.1, -0.05) is 25.5 Å². The summed E-state index contributed by atoms with van der Waals surface area (Å²) in [6, 6.07) is 12.1. The standard InChI is InChI=1S/C21H26N2O5S/c1-3-4-16-5-8-18(9-6-16)22-21(24)17-7-10-19(27-2)20(15-17)29(25,26)23-11-13-28-14-12-23/h5-10,15H,3-4,11-14H2,1-2H3,(H,22,24). The topological polar surface area (TPSA) is 84.9 Å². The van der Waals surface area contributed by atoms with Crippen molar-refractivity contribution in [2.45, 2.75) is 24.7 Å². The first kappa shape index (κ1) is 21.3. The van der Waals surface area contributed by atoms with Gasteiger partial charge in [-0.2, -0.15) is 4.31 Å². The second-order valence-electron chi connectivity index (χ2n) is 6.78. The van der Waals surface area contributed by atoms with Gasteiger partial charge in [0, 0.05) is 24.3 Å². The average molecular weight is 419 g/mol. The van der Waals surface area contributed by atoms with Gasteiger partial charge in [0.15, 0.2) is 0 Å². The minimum absolute atomic E-state index is 0.0205. The fourth-order valence-electron chi connectivity index (χ4n) is 3.19. The van der Waals surface area contributed by atoms with Crippen LogP contribution in [0, 0.1) is 0 Å². The molecule has 29 heavy (non-hydrogen) atoms. The second kappa shape index (κ2) is 9.39. The smallest absolute Gasteiger partial charge is 0.255 e. The SMILES string of the molecule is CCCc1ccc(NC(=O)c2ccc(OC)c(S(=O)(=O)N3CCOCC3)c2)cc1. The van der Waals surface area contributed by atoms with E-state index < -0.39 is 10.0 Å². The van der Waals surface area contributed by atoms with Gasteiger partial charge < -0.3 is 14.8 Å². The third-order valence-corrected chi connectivity index (χ3v) is 6.68. The molecule has 0 aromatic heterocycles. The molecule has 0 atom stereocenters. The molecular formula is C21H26N2O5S. The van der Waals surface area contributed by atoms with Gasteiger partial charge in [0.1, 0.15) is 10.6 Å². The third kappa shape index (κ3) is 4.95. The molecule has 1 aliphatic rings. The van der Waals surface area contributed by atoms with Gasteiger partial charge in [-0.05, 0) is 42.3 Å². The minimum Gasteiger partial charge on any atom is -0.495 e. The van der Waals surface area contributed by atoms with Crippen LogP contribution in [0.25, 0.3) is 0 Å². The van der Waals surface area contributed by atoms with Gasteiger partial charge in [-0.25, -0.2) is 8.42 Å². The van der Waals surface area contributed by atoms with E-state index in [0.717, 1.165) is 12.8 Å². The van der Waals surface area contributed by atoms with Crippen LogP contribution < -0.4 is 10.1 Å². The van der Waals surface area contributed by atoms with Crippen LogP contribution in [0.4, 0.5) is 5.69 Å². The first-order chi connectivity index (χ1) is 14.0. The molecule has 0 radical (unpaired) electrons. The van der Waals surface area contributed by atoms with Gasteiger partial charge in [-0.15, -0.1) is 0 Å². The van der Waals surface area contributed by atoms with Crippen LogP contribution >= 0.6 is 0 Å². The number of sulfonamides is 1. The van der Waals surface area contributed by atoms with Gasteiger partial charge in [0.2, 0.25) is 10.0 Å². The maximum absolute atomic E-state index is 13.1. The van der Waals surface area contributed by atoms with Crippen molar-refractivity contribution in [2.75, 3.05) is 38.7 Å². The molecule has 1 aliphatic heterocycles. The van der Waals surface area contributed by atoms with Crippen molar-refractivity contribution in [3.63, 3.8) is 0 Å². The van der Waals surface area contributed by atoms with Crippen LogP contribution in [0.15, 0.2) is 47.4 Å². The van der Waals surface area contributed by atoms with Crippen LogP contribution in [-0.2, 0) is 21.2 Å². The number of benzene rings is 2. The lowest BCUT2D eigenvalue weighted by atomic mass is 10.1. The van der Waals surface area contributed by atoms with E-state index in [1.54, 1.807) is 6.07 Å².